The molecule has 1 N–H and O–H groups in total. The van der Waals surface area contributed by atoms with Crippen molar-refractivity contribution in [2.75, 3.05) is 25.0 Å². The van der Waals surface area contributed by atoms with E-state index in [1.807, 2.05) is 47.4 Å². The SMILES string of the molecule is Cn1ncc(NC(=O)COc2ccc3ccccc3c2)c1C(=O)N1CCCCC1. The molecule has 2 heterocycles. The van der Waals surface area contributed by atoms with Crippen LogP contribution in [0.3, 0.4) is 0 Å². The Kier molecular flexibility index (Phi) is 5.46. The molecule has 2 aromatic carbocycles. The fraction of sp³-hybridized carbons (Fsp3) is 0.318. The van der Waals surface area contributed by atoms with E-state index in [1.54, 1.807) is 7.05 Å². The van der Waals surface area contributed by atoms with Gasteiger partial charge in [-0.15, -0.1) is 0 Å². The monoisotopic (exact) mass is 392 g/mol. The summed E-state index contributed by atoms with van der Waals surface area (Å²) in [5.41, 5.74) is 0.807. The van der Waals surface area contributed by atoms with E-state index < -0.39 is 0 Å². The first-order chi connectivity index (χ1) is 14.1. The van der Waals surface area contributed by atoms with Crippen LogP contribution in [0.2, 0.25) is 0 Å². The van der Waals surface area contributed by atoms with Gasteiger partial charge in [0.05, 0.1) is 11.9 Å². The van der Waals surface area contributed by atoms with E-state index in [9.17, 15) is 9.59 Å². The Morgan fingerprint density at radius 2 is 1.83 bits per heavy atom. The minimum absolute atomic E-state index is 0.101. The zero-order valence-electron chi connectivity index (χ0n) is 16.4. The van der Waals surface area contributed by atoms with Crippen LogP contribution < -0.4 is 10.1 Å². The first-order valence-corrected chi connectivity index (χ1v) is 9.84. The zero-order valence-corrected chi connectivity index (χ0v) is 16.4. The minimum Gasteiger partial charge on any atom is -0.484 e. The van der Waals surface area contributed by atoms with Crippen LogP contribution >= 0.6 is 0 Å². The summed E-state index contributed by atoms with van der Waals surface area (Å²) < 4.78 is 7.15. The number of nitrogens with one attached hydrogen (secondary N) is 1. The third-order valence-electron chi connectivity index (χ3n) is 5.15. The predicted molar refractivity (Wildman–Crippen MR) is 111 cm³/mol. The van der Waals surface area contributed by atoms with Crippen molar-refractivity contribution in [3.05, 3.63) is 54.4 Å². The number of benzene rings is 2. The number of rotatable bonds is 5. The number of anilines is 1. The average molecular weight is 392 g/mol. The number of aryl methyl sites for hydroxylation is 1. The van der Waals surface area contributed by atoms with Crippen molar-refractivity contribution in [2.24, 2.45) is 7.05 Å². The summed E-state index contributed by atoms with van der Waals surface area (Å²) in [5, 5.41) is 9.08. The summed E-state index contributed by atoms with van der Waals surface area (Å²) in [5.74, 6) is 0.184. The average Bonchev–Trinajstić information content (AvgIpc) is 3.12. The second kappa shape index (κ2) is 8.34. The van der Waals surface area contributed by atoms with Crippen molar-refractivity contribution in [1.82, 2.24) is 14.7 Å². The van der Waals surface area contributed by atoms with Gasteiger partial charge < -0.3 is 15.0 Å². The van der Waals surface area contributed by atoms with Crippen LogP contribution in [0.1, 0.15) is 29.8 Å². The highest BCUT2D eigenvalue weighted by molar-refractivity contribution is 6.02. The molecule has 4 rings (SSSR count). The molecule has 3 aromatic rings. The second-order valence-corrected chi connectivity index (χ2v) is 7.23. The van der Waals surface area contributed by atoms with Crippen molar-refractivity contribution in [3.8, 4) is 5.75 Å². The summed E-state index contributed by atoms with van der Waals surface area (Å²) in [7, 11) is 1.71. The van der Waals surface area contributed by atoms with Crippen LogP contribution in [0.4, 0.5) is 5.69 Å². The number of likely N-dealkylation sites (tertiary alicyclic amines) is 1. The number of ether oxygens (including phenoxy) is 1. The van der Waals surface area contributed by atoms with Gasteiger partial charge >= 0.3 is 0 Å². The molecule has 0 aliphatic carbocycles. The molecule has 0 radical (unpaired) electrons. The summed E-state index contributed by atoms with van der Waals surface area (Å²) in [4.78, 5) is 27.1. The summed E-state index contributed by atoms with van der Waals surface area (Å²) in [6, 6.07) is 13.7. The van der Waals surface area contributed by atoms with Crippen molar-refractivity contribution in [1.29, 1.82) is 0 Å². The number of aromatic nitrogens is 2. The highest BCUT2D eigenvalue weighted by atomic mass is 16.5. The molecule has 0 spiro atoms. The van der Waals surface area contributed by atoms with E-state index in [1.165, 1.54) is 10.9 Å². The predicted octanol–water partition coefficient (Wildman–Crippen LogP) is 3.22. The molecule has 1 aliphatic rings. The fourth-order valence-corrected chi connectivity index (χ4v) is 3.62. The van der Waals surface area contributed by atoms with Crippen molar-refractivity contribution >= 4 is 28.3 Å². The number of hydrogen-bond donors (Lipinski definition) is 1. The lowest BCUT2D eigenvalue weighted by molar-refractivity contribution is -0.118. The van der Waals surface area contributed by atoms with E-state index in [2.05, 4.69) is 10.4 Å². The number of carbonyl (C=O) groups excluding carboxylic acids is 2. The lowest BCUT2D eigenvalue weighted by Crippen LogP contribution is -2.37. The van der Waals surface area contributed by atoms with Crippen LogP contribution in [0, 0.1) is 0 Å². The Balaban J connectivity index is 1.41. The van der Waals surface area contributed by atoms with Crippen LogP contribution in [0.5, 0.6) is 5.75 Å². The number of carbonyl (C=O) groups is 2. The molecule has 1 fully saturated rings. The van der Waals surface area contributed by atoms with Crippen LogP contribution in [-0.4, -0.2) is 46.2 Å². The Morgan fingerprint density at radius 3 is 2.62 bits per heavy atom. The Morgan fingerprint density at radius 1 is 1.07 bits per heavy atom. The lowest BCUT2D eigenvalue weighted by Gasteiger charge is -2.27. The molecule has 29 heavy (non-hydrogen) atoms. The first-order valence-electron chi connectivity index (χ1n) is 9.84. The van der Waals surface area contributed by atoms with Gasteiger partial charge in [-0.25, -0.2) is 0 Å². The molecule has 0 saturated carbocycles. The lowest BCUT2D eigenvalue weighted by atomic mass is 10.1. The largest absolute Gasteiger partial charge is 0.484 e. The van der Waals surface area contributed by atoms with Gasteiger partial charge in [0.1, 0.15) is 11.4 Å². The maximum absolute atomic E-state index is 12.9. The normalized spacial score (nSPS) is 14.0. The third-order valence-corrected chi connectivity index (χ3v) is 5.15. The molecule has 2 amide bonds. The van der Waals surface area contributed by atoms with Gasteiger partial charge in [-0.05, 0) is 42.2 Å². The van der Waals surface area contributed by atoms with Crippen LogP contribution in [-0.2, 0) is 11.8 Å². The second-order valence-electron chi connectivity index (χ2n) is 7.23. The molecule has 1 aromatic heterocycles. The highest BCUT2D eigenvalue weighted by Gasteiger charge is 2.25. The maximum Gasteiger partial charge on any atom is 0.274 e. The fourth-order valence-electron chi connectivity index (χ4n) is 3.62. The molecule has 0 bridgehead atoms. The molecule has 0 atom stereocenters. The highest BCUT2D eigenvalue weighted by Crippen LogP contribution is 2.22. The van der Waals surface area contributed by atoms with E-state index in [-0.39, 0.29) is 18.4 Å². The Bertz CT molecular complexity index is 1040. The number of nitrogens with zero attached hydrogens (tertiary/aromatic N) is 3. The van der Waals surface area contributed by atoms with Crippen molar-refractivity contribution in [2.45, 2.75) is 19.3 Å². The van der Waals surface area contributed by atoms with Gasteiger partial charge in [-0.1, -0.05) is 30.3 Å². The van der Waals surface area contributed by atoms with E-state index in [0.29, 0.717) is 17.1 Å². The van der Waals surface area contributed by atoms with Gasteiger partial charge in [0.2, 0.25) is 0 Å². The molecule has 1 aliphatic heterocycles. The molecular formula is C22H24N4O3. The van der Waals surface area contributed by atoms with Gasteiger partial charge in [0.15, 0.2) is 6.61 Å². The smallest absolute Gasteiger partial charge is 0.274 e. The van der Waals surface area contributed by atoms with E-state index >= 15 is 0 Å². The Hall–Kier alpha value is -3.35. The quantitative estimate of drug-likeness (QED) is 0.723. The van der Waals surface area contributed by atoms with Gasteiger partial charge in [-0.3, -0.25) is 14.3 Å². The third kappa shape index (κ3) is 4.23. The minimum atomic E-state index is -0.334. The summed E-state index contributed by atoms with van der Waals surface area (Å²) in [6.45, 7) is 1.33. The Labute approximate surface area is 169 Å². The zero-order chi connectivity index (χ0) is 20.2. The van der Waals surface area contributed by atoms with Gasteiger partial charge in [0, 0.05) is 20.1 Å². The molecule has 7 nitrogen and oxygen atoms in total. The number of piperidine rings is 1. The van der Waals surface area contributed by atoms with E-state index in [0.717, 1.165) is 43.1 Å². The number of amides is 2. The van der Waals surface area contributed by atoms with Crippen molar-refractivity contribution < 1.29 is 14.3 Å². The van der Waals surface area contributed by atoms with Gasteiger partial charge in [0.25, 0.3) is 11.8 Å². The molecule has 7 heteroatoms. The van der Waals surface area contributed by atoms with Gasteiger partial charge in [-0.2, -0.15) is 5.10 Å². The van der Waals surface area contributed by atoms with E-state index in [4.69, 9.17) is 4.74 Å². The first kappa shape index (κ1) is 19.0. The topological polar surface area (TPSA) is 76.5 Å². The molecule has 0 unspecified atom stereocenters. The summed E-state index contributed by atoms with van der Waals surface area (Å²) >= 11 is 0. The standard InChI is InChI=1S/C22H24N4O3/c1-25-21(22(28)26-11-5-2-6-12-26)19(14-23-25)24-20(27)15-29-18-10-9-16-7-3-4-8-17(16)13-18/h3-4,7-10,13-14H,2,5-6,11-12,15H2,1H3,(H,24,27). The number of fused-ring (bicyclic) bond motifs is 1. The molecule has 150 valence electrons. The van der Waals surface area contributed by atoms with Crippen molar-refractivity contribution in [3.63, 3.8) is 0 Å². The molecular weight excluding hydrogens is 368 g/mol. The van der Waals surface area contributed by atoms with Crippen LogP contribution in [0.25, 0.3) is 10.8 Å². The maximum atomic E-state index is 12.9. The number of hydrogen-bond acceptors (Lipinski definition) is 4. The molecule has 1 saturated heterocycles. The van der Waals surface area contributed by atoms with Crippen LogP contribution in [0.15, 0.2) is 48.7 Å². The summed E-state index contributed by atoms with van der Waals surface area (Å²) in [6.07, 6.45) is 4.66.